The van der Waals surface area contributed by atoms with Crippen LogP contribution in [0.4, 0.5) is 11.5 Å². The molecule has 0 saturated heterocycles. The summed E-state index contributed by atoms with van der Waals surface area (Å²) in [6.07, 6.45) is 1.22. The molecule has 0 amide bonds. The molecular weight excluding hydrogens is 240 g/mol. The molecule has 0 aliphatic heterocycles. The zero-order valence-corrected chi connectivity index (χ0v) is 9.66. The molecule has 0 spiro atoms. The minimum atomic E-state index is -0.641. The lowest BCUT2D eigenvalue weighted by molar-refractivity contribution is -0.384. The van der Waals surface area contributed by atoms with Gasteiger partial charge in [0, 0.05) is 19.4 Å². The highest BCUT2D eigenvalue weighted by atomic mass is 16.6. The molecule has 0 radical (unpaired) electrons. The Morgan fingerprint density at radius 2 is 2.50 bits per heavy atom. The first-order valence-corrected chi connectivity index (χ1v) is 5.03. The highest BCUT2D eigenvalue weighted by Crippen LogP contribution is 2.23. The minimum absolute atomic E-state index is 0.00454. The first-order valence-electron chi connectivity index (χ1n) is 5.03. The number of methoxy groups -OCH3 is 1. The third-order valence-corrected chi connectivity index (χ3v) is 2.12. The smallest absolute Gasteiger partial charge is 0.312 e. The van der Waals surface area contributed by atoms with Crippen molar-refractivity contribution >= 4 is 11.5 Å². The number of aliphatic hydroxyl groups excluding tert-OH is 1. The van der Waals surface area contributed by atoms with E-state index in [1.807, 2.05) is 0 Å². The number of ether oxygens (including phenoxy) is 1. The van der Waals surface area contributed by atoms with Crippen molar-refractivity contribution in [2.75, 3.05) is 25.6 Å². The number of rotatable bonds is 6. The van der Waals surface area contributed by atoms with Gasteiger partial charge in [0.2, 0.25) is 5.82 Å². The Hall–Kier alpha value is -2.24. The molecule has 0 aromatic carbocycles. The molecule has 1 unspecified atom stereocenters. The van der Waals surface area contributed by atoms with Gasteiger partial charge in [0.25, 0.3) is 0 Å². The lowest BCUT2D eigenvalue weighted by Gasteiger charge is -2.15. The van der Waals surface area contributed by atoms with Crippen molar-refractivity contribution in [3.63, 3.8) is 0 Å². The maximum absolute atomic E-state index is 10.8. The molecule has 1 aromatic heterocycles. The van der Waals surface area contributed by atoms with Crippen molar-refractivity contribution < 1.29 is 14.8 Å². The monoisotopic (exact) mass is 252 g/mol. The molecule has 0 bridgehead atoms. The maximum Gasteiger partial charge on any atom is 0.312 e. The maximum atomic E-state index is 10.8. The molecule has 96 valence electrons. The van der Waals surface area contributed by atoms with Gasteiger partial charge in [-0.2, -0.15) is 5.26 Å². The summed E-state index contributed by atoms with van der Waals surface area (Å²) in [5.41, 5.74) is -0.219. The van der Waals surface area contributed by atoms with E-state index < -0.39 is 11.0 Å². The van der Waals surface area contributed by atoms with Gasteiger partial charge in [-0.15, -0.1) is 0 Å². The summed E-state index contributed by atoms with van der Waals surface area (Å²) < 4.78 is 4.84. The molecule has 0 aliphatic carbocycles. The van der Waals surface area contributed by atoms with E-state index in [1.165, 1.54) is 13.3 Å². The molecule has 8 heteroatoms. The highest BCUT2D eigenvalue weighted by Gasteiger charge is 2.19. The Bertz CT molecular complexity index is 471. The Morgan fingerprint density at radius 1 is 1.78 bits per heavy atom. The van der Waals surface area contributed by atoms with Crippen LogP contribution in [0.5, 0.6) is 0 Å². The van der Waals surface area contributed by atoms with Crippen LogP contribution >= 0.6 is 0 Å². The van der Waals surface area contributed by atoms with E-state index in [0.29, 0.717) is 0 Å². The summed E-state index contributed by atoms with van der Waals surface area (Å²) in [6, 6.07) is 2.39. The molecule has 0 aliphatic rings. The zero-order valence-electron chi connectivity index (χ0n) is 9.66. The predicted octanol–water partition coefficient (Wildman–Crippen LogP) is 0.281. The minimum Gasteiger partial charge on any atom is -0.394 e. The number of hydrogen-bond acceptors (Lipinski definition) is 7. The van der Waals surface area contributed by atoms with Crippen molar-refractivity contribution in [3.05, 3.63) is 27.9 Å². The van der Waals surface area contributed by atoms with E-state index in [0.717, 1.165) is 6.07 Å². The molecular formula is C10H12N4O4. The van der Waals surface area contributed by atoms with Gasteiger partial charge in [0.05, 0.1) is 29.7 Å². The topological polar surface area (TPSA) is 121 Å². The van der Waals surface area contributed by atoms with Gasteiger partial charge in [-0.3, -0.25) is 10.1 Å². The fourth-order valence-electron chi connectivity index (χ4n) is 1.30. The van der Waals surface area contributed by atoms with E-state index >= 15 is 0 Å². The fourth-order valence-corrected chi connectivity index (χ4v) is 1.30. The fraction of sp³-hybridized carbons (Fsp3) is 0.400. The SMILES string of the molecule is COCC(CO)Nc1ncc(C#N)cc1[N+](=O)[O-]. The summed E-state index contributed by atoms with van der Waals surface area (Å²) in [5, 5.41) is 31.2. The quantitative estimate of drug-likeness (QED) is 0.550. The van der Waals surface area contributed by atoms with E-state index in [-0.39, 0.29) is 30.3 Å². The Kier molecular flexibility index (Phi) is 4.98. The van der Waals surface area contributed by atoms with Crippen LogP contribution in [0, 0.1) is 21.4 Å². The molecule has 2 N–H and O–H groups in total. The molecule has 1 aromatic rings. The second-order valence-corrected chi connectivity index (χ2v) is 3.44. The third kappa shape index (κ3) is 3.38. The Labute approximate surface area is 103 Å². The van der Waals surface area contributed by atoms with E-state index in [9.17, 15) is 10.1 Å². The van der Waals surface area contributed by atoms with Gasteiger partial charge >= 0.3 is 5.69 Å². The van der Waals surface area contributed by atoms with Crippen LogP contribution in [-0.4, -0.2) is 41.4 Å². The average Bonchev–Trinajstić information content (AvgIpc) is 2.38. The van der Waals surface area contributed by atoms with Crippen molar-refractivity contribution in [1.82, 2.24) is 4.98 Å². The number of nitriles is 1. The number of nitro groups is 1. The molecule has 0 fully saturated rings. The standard InChI is InChI=1S/C10H12N4O4/c1-18-6-8(5-15)13-10-9(14(16)17)2-7(3-11)4-12-10/h2,4,8,15H,5-6H2,1H3,(H,12,13). The highest BCUT2D eigenvalue weighted by molar-refractivity contribution is 5.58. The van der Waals surface area contributed by atoms with Gasteiger partial charge in [-0.05, 0) is 0 Å². The zero-order chi connectivity index (χ0) is 13.5. The van der Waals surface area contributed by atoms with Crippen LogP contribution in [0.3, 0.4) is 0 Å². The first-order chi connectivity index (χ1) is 8.62. The van der Waals surface area contributed by atoms with Crippen LogP contribution in [0.15, 0.2) is 12.3 Å². The predicted molar refractivity (Wildman–Crippen MR) is 62.0 cm³/mol. The third-order valence-electron chi connectivity index (χ3n) is 2.12. The number of aromatic nitrogens is 1. The average molecular weight is 252 g/mol. The van der Waals surface area contributed by atoms with Crippen molar-refractivity contribution in [2.45, 2.75) is 6.04 Å². The number of aliphatic hydroxyl groups is 1. The summed E-state index contributed by atoms with van der Waals surface area (Å²) in [6.45, 7) is -0.0813. The van der Waals surface area contributed by atoms with Crippen LogP contribution in [0.2, 0.25) is 0 Å². The van der Waals surface area contributed by atoms with Crippen molar-refractivity contribution in [2.24, 2.45) is 0 Å². The number of hydrogen-bond donors (Lipinski definition) is 2. The van der Waals surface area contributed by atoms with E-state index in [4.69, 9.17) is 15.1 Å². The summed E-state index contributed by atoms with van der Waals surface area (Å²) in [5.74, 6) is -0.00454. The lowest BCUT2D eigenvalue weighted by Crippen LogP contribution is -2.29. The molecule has 8 nitrogen and oxygen atoms in total. The van der Waals surface area contributed by atoms with Crippen molar-refractivity contribution in [1.29, 1.82) is 5.26 Å². The van der Waals surface area contributed by atoms with E-state index in [1.54, 1.807) is 6.07 Å². The van der Waals surface area contributed by atoms with Crippen molar-refractivity contribution in [3.8, 4) is 6.07 Å². The van der Waals surface area contributed by atoms with Crippen LogP contribution in [0.25, 0.3) is 0 Å². The Morgan fingerprint density at radius 3 is 3.00 bits per heavy atom. The number of nitrogens with one attached hydrogen (secondary N) is 1. The first kappa shape index (κ1) is 13.8. The van der Waals surface area contributed by atoms with Gasteiger partial charge in [0.1, 0.15) is 6.07 Å². The molecule has 18 heavy (non-hydrogen) atoms. The van der Waals surface area contributed by atoms with Crippen LogP contribution in [0.1, 0.15) is 5.56 Å². The number of pyridine rings is 1. The second-order valence-electron chi connectivity index (χ2n) is 3.44. The second kappa shape index (κ2) is 6.48. The van der Waals surface area contributed by atoms with Gasteiger partial charge in [0.15, 0.2) is 0 Å². The summed E-state index contributed by atoms with van der Waals surface area (Å²) >= 11 is 0. The Balaban J connectivity index is 3.01. The van der Waals surface area contributed by atoms with Crippen LogP contribution < -0.4 is 5.32 Å². The molecule has 1 atom stereocenters. The van der Waals surface area contributed by atoms with Gasteiger partial charge in [-0.1, -0.05) is 0 Å². The summed E-state index contributed by atoms with van der Waals surface area (Å²) in [7, 11) is 1.45. The normalized spacial score (nSPS) is 11.6. The molecule has 1 heterocycles. The molecule has 0 saturated carbocycles. The lowest BCUT2D eigenvalue weighted by atomic mass is 10.2. The largest absolute Gasteiger partial charge is 0.394 e. The van der Waals surface area contributed by atoms with Gasteiger partial charge < -0.3 is 15.2 Å². The van der Waals surface area contributed by atoms with E-state index in [2.05, 4.69) is 10.3 Å². The summed E-state index contributed by atoms with van der Waals surface area (Å²) in [4.78, 5) is 14.0. The number of anilines is 1. The van der Waals surface area contributed by atoms with Crippen LogP contribution in [-0.2, 0) is 4.74 Å². The van der Waals surface area contributed by atoms with Gasteiger partial charge in [-0.25, -0.2) is 4.98 Å². The molecule has 1 rings (SSSR count). The number of nitrogens with zero attached hydrogens (tertiary/aromatic N) is 3.